The van der Waals surface area contributed by atoms with Crippen molar-refractivity contribution in [2.75, 3.05) is 44.5 Å². The summed E-state index contributed by atoms with van der Waals surface area (Å²) in [4.78, 5) is 13.0. The second kappa shape index (κ2) is 7.16. The van der Waals surface area contributed by atoms with E-state index in [2.05, 4.69) is 5.32 Å². The van der Waals surface area contributed by atoms with Crippen LogP contribution in [0.15, 0.2) is 18.2 Å². The Balaban J connectivity index is 2.75. The van der Waals surface area contributed by atoms with Crippen molar-refractivity contribution in [3.05, 3.63) is 23.8 Å². The lowest BCUT2D eigenvalue weighted by Gasteiger charge is -2.21. The lowest BCUT2D eigenvalue weighted by Crippen LogP contribution is -2.36. The van der Waals surface area contributed by atoms with E-state index in [1.54, 1.807) is 0 Å². The maximum atomic E-state index is 12.8. The highest BCUT2D eigenvalue weighted by Crippen LogP contribution is 2.35. The van der Waals surface area contributed by atoms with Crippen LogP contribution in [0.1, 0.15) is 5.56 Å². The zero-order valence-electron chi connectivity index (χ0n) is 11.8. The third-order valence-corrected chi connectivity index (χ3v) is 2.79. The summed E-state index contributed by atoms with van der Waals surface area (Å²) in [6.07, 6.45) is -4.53. The topological polar surface area (TPSA) is 67.6 Å². The number of rotatable bonds is 6. The number of hydrogen-bond donors (Lipinski definition) is 2. The molecule has 0 fully saturated rings. The number of benzene rings is 1. The second-order valence-electron chi connectivity index (χ2n) is 4.47. The van der Waals surface area contributed by atoms with Crippen LogP contribution in [0.25, 0.3) is 0 Å². The molecule has 0 aliphatic carbocycles. The van der Waals surface area contributed by atoms with Crippen LogP contribution in [-0.2, 0) is 15.7 Å². The lowest BCUT2D eigenvalue weighted by molar-refractivity contribution is -0.136. The largest absolute Gasteiger partial charge is 0.418 e. The van der Waals surface area contributed by atoms with Gasteiger partial charge in [0.05, 0.1) is 18.7 Å². The standard InChI is InChI=1S/C13H18F3N3O2/c1-19(8-12(20)18-5-6-21-2)9-3-4-11(17)10(7-9)13(14,15)16/h3-4,7H,5-6,8,17H2,1-2H3,(H,18,20). The zero-order valence-corrected chi connectivity index (χ0v) is 11.8. The number of nitrogen functional groups attached to an aromatic ring is 1. The number of anilines is 2. The van der Waals surface area contributed by atoms with Gasteiger partial charge in [0.2, 0.25) is 5.91 Å². The monoisotopic (exact) mass is 305 g/mol. The highest BCUT2D eigenvalue weighted by atomic mass is 19.4. The molecule has 0 spiro atoms. The molecule has 1 rings (SSSR count). The fourth-order valence-corrected chi connectivity index (χ4v) is 1.68. The van der Waals surface area contributed by atoms with Gasteiger partial charge in [0.1, 0.15) is 0 Å². The number of carbonyl (C=O) groups excluding carboxylic acids is 1. The van der Waals surface area contributed by atoms with E-state index in [0.717, 1.165) is 6.07 Å². The number of alkyl halides is 3. The van der Waals surface area contributed by atoms with Crippen molar-refractivity contribution in [1.82, 2.24) is 5.32 Å². The molecule has 1 amide bonds. The van der Waals surface area contributed by atoms with Gasteiger partial charge in [-0.1, -0.05) is 0 Å². The van der Waals surface area contributed by atoms with E-state index in [1.807, 2.05) is 0 Å². The quantitative estimate of drug-likeness (QED) is 0.617. The first kappa shape index (κ1) is 17.1. The first-order chi connectivity index (χ1) is 9.75. The summed E-state index contributed by atoms with van der Waals surface area (Å²) in [5.74, 6) is -0.306. The van der Waals surface area contributed by atoms with Crippen LogP contribution >= 0.6 is 0 Å². The summed E-state index contributed by atoms with van der Waals surface area (Å²) in [6.45, 7) is 0.652. The number of nitrogens with one attached hydrogen (secondary N) is 1. The number of nitrogens with zero attached hydrogens (tertiary/aromatic N) is 1. The summed E-state index contributed by atoms with van der Waals surface area (Å²) in [5.41, 5.74) is 4.33. The number of hydrogen-bond acceptors (Lipinski definition) is 4. The molecule has 0 unspecified atom stereocenters. The van der Waals surface area contributed by atoms with Gasteiger partial charge in [-0.3, -0.25) is 4.79 Å². The molecular weight excluding hydrogens is 287 g/mol. The number of nitrogens with two attached hydrogens (primary N) is 1. The average molecular weight is 305 g/mol. The maximum absolute atomic E-state index is 12.8. The van der Waals surface area contributed by atoms with Crippen LogP contribution in [0, 0.1) is 0 Å². The maximum Gasteiger partial charge on any atom is 0.418 e. The van der Waals surface area contributed by atoms with Gasteiger partial charge in [-0.05, 0) is 18.2 Å². The van der Waals surface area contributed by atoms with Crippen molar-refractivity contribution in [3.8, 4) is 0 Å². The van der Waals surface area contributed by atoms with Crippen molar-refractivity contribution in [2.24, 2.45) is 0 Å². The van der Waals surface area contributed by atoms with E-state index in [0.29, 0.717) is 13.2 Å². The van der Waals surface area contributed by atoms with E-state index < -0.39 is 11.7 Å². The van der Waals surface area contributed by atoms with Crippen molar-refractivity contribution in [3.63, 3.8) is 0 Å². The molecular formula is C13H18F3N3O2. The molecule has 1 aromatic carbocycles. The summed E-state index contributed by atoms with van der Waals surface area (Å²) in [7, 11) is 3.03. The molecule has 0 bridgehead atoms. The average Bonchev–Trinajstić information content (AvgIpc) is 2.38. The Labute approximate surface area is 120 Å². The first-order valence-electron chi connectivity index (χ1n) is 6.19. The van der Waals surface area contributed by atoms with Crippen molar-refractivity contribution >= 4 is 17.3 Å². The van der Waals surface area contributed by atoms with Crippen LogP contribution in [0.4, 0.5) is 24.5 Å². The Morgan fingerprint density at radius 2 is 2.10 bits per heavy atom. The van der Waals surface area contributed by atoms with Gasteiger partial charge in [0.15, 0.2) is 0 Å². The number of methoxy groups -OCH3 is 1. The first-order valence-corrected chi connectivity index (χ1v) is 6.19. The Morgan fingerprint density at radius 3 is 2.67 bits per heavy atom. The molecule has 0 saturated heterocycles. The Bertz CT molecular complexity index is 492. The van der Waals surface area contributed by atoms with E-state index in [4.69, 9.17) is 10.5 Å². The fourth-order valence-electron chi connectivity index (χ4n) is 1.68. The van der Waals surface area contributed by atoms with E-state index >= 15 is 0 Å². The molecule has 0 aliphatic heterocycles. The van der Waals surface area contributed by atoms with Gasteiger partial charge >= 0.3 is 6.18 Å². The number of ether oxygens (including phenoxy) is 1. The van der Waals surface area contributed by atoms with Crippen molar-refractivity contribution in [1.29, 1.82) is 0 Å². The summed E-state index contributed by atoms with van der Waals surface area (Å²) in [5, 5.41) is 2.59. The Kier molecular flexibility index (Phi) is 5.83. The smallest absolute Gasteiger partial charge is 0.398 e. The normalized spacial score (nSPS) is 11.3. The molecule has 0 heterocycles. The molecule has 118 valence electrons. The van der Waals surface area contributed by atoms with Gasteiger partial charge in [-0.2, -0.15) is 13.2 Å². The van der Waals surface area contributed by atoms with Crippen LogP contribution in [0.2, 0.25) is 0 Å². The van der Waals surface area contributed by atoms with E-state index in [-0.39, 0.29) is 23.8 Å². The molecule has 5 nitrogen and oxygen atoms in total. The van der Waals surface area contributed by atoms with Gasteiger partial charge < -0.3 is 20.7 Å². The zero-order chi connectivity index (χ0) is 16.0. The Hall–Kier alpha value is -1.96. The number of carbonyl (C=O) groups is 1. The lowest BCUT2D eigenvalue weighted by atomic mass is 10.1. The number of likely N-dealkylation sites (N-methyl/N-ethyl adjacent to an activating group) is 1. The third kappa shape index (κ3) is 5.14. The van der Waals surface area contributed by atoms with E-state index in [9.17, 15) is 18.0 Å². The minimum absolute atomic E-state index is 0.0646. The minimum atomic E-state index is -4.53. The summed E-state index contributed by atoms with van der Waals surface area (Å²) < 4.78 is 43.1. The molecule has 0 aromatic heterocycles. The summed E-state index contributed by atoms with van der Waals surface area (Å²) in [6, 6.07) is 3.54. The number of halogens is 3. The molecule has 0 aliphatic rings. The molecule has 21 heavy (non-hydrogen) atoms. The second-order valence-corrected chi connectivity index (χ2v) is 4.47. The van der Waals surface area contributed by atoms with Crippen molar-refractivity contribution in [2.45, 2.75) is 6.18 Å². The van der Waals surface area contributed by atoms with Gasteiger partial charge in [-0.25, -0.2) is 0 Å². The van der Waals surface area contributed by atoms with Gasteiger partial charge in [0.25, 0.3) is 0 Å². The van der Waals surface area contributed by atoms with Crippen LogP contribution in [0.3, 0.4) is 0 Å². The SMILES string of the molecule is COCCNC(=O)CN(C)c1ccc(N)c(C(F)(F)F)c1. The fraction of sp³-hybridized carbons (Fsp3) is 0.462. The van der Waals surface area contributed by atoms with Crippen molar-refractivity contribution < 1.29 is 22.7 Å². The molecule has 3 N–H and O–H groups in total. The van der Waals surface area contributed by atoms with Crippen LogP contribution < -0.4 is 16.0 Å². The molecule has 1 aromatic rings. The highest BCUT2D eigenvalue weighted by molar-refractivity contribution is 5.81. The third-order valence-electron chi connectivity index (χ3n) is 2.79. The van der Waals surface area contributed by atoms with Gasteiger partial charge in [0, 0.05) is 32.1 Å². The molecule has 0 atom stereocenters. The van der Waals surface area contributed by atoms with E-state index in [1.165, 1.54) is 31.2 Å². The van der Waals surface area contributed by atoms with Crippen LogP contribution in [-0.4, -0.2) is 39.8 Å². The van der Waals surface area contributed by atoms with Gasteiger partial charge in [-0.15, -0.1) is 0 Å². The molecule has 0 radical (unpaired) electrons. The van der Waals surface area contributed by atoms with Crippen LogP contribution in [0.5, 0.6) is 0 Å². The number of amides is 1. The minimum Gasteiger partial charge on any atom is -0.398 e. The summed E-state index contributed by atoms with van der Waals surface area (Å²) >= 11 is 0. The molecule has 8 heteroatoms. The highest BCUT2D eigenvalue weighted by Gasteiger charge is 2.33. The predicted molar refractivity (Wildman–Crippen MR) is 74.0 cm³/mol. The predicted octanol–water partition coefficient (Wildman–Crippen LogP) is 1.49. The molecule has 0 saturated carbocycles. The Morgan fingerprint density at radius 1 is 1.43 bits per heavy atom.